The molecule has 0 saturated heterocycles. The van der Waals surface area contributed by atoms with E-state index in [2.05, 4.69) is 10.1 Å². The first-order valence-electron chi connectivity index (χ1n) is 5.40. The summed E-state index contributed by atoms with van der Waals surface area (Å²) in [6.07, 6.45) is 0. The Balaban J connectivity index is 2.64. The van der Waals surface area contributed by atoms with E-state index in [9.17, 15) is 13.6 Å². The molecular formula is C12H15F2NO2S. The first kappa shape index (κ1) is 14.8. The zero-order valence-electron chi connectivity index (χ0n) is 10.2. The summed E-state index contributed by atoms with van der Waals surface area (Å²) in [5.41, 5.74) is 0.596. The summed E-state index contributed by atoms with van der Waals surface area (Å²) >= 11 is 0.479. The number of esters is 1. The van der Waals surface area contributed by atoms with Gasteiger partial charge in [0.25, 0.3) is 5.76 Å². The van der Waals surface area contributed by atoms with Crippen molar-refractivity contribution in [2.24, 2.45) is 5.92 Å². The predicted octanol–water partition coefficient (Wildman–Crippen LogP) is 3.22. The number of nitrogens with one attached hydrogen (secondary N) is 1. The molecule has 0 aliphatic heterocycles. The number of halogens is 2. The lowest BCUT2D eigenvalue weighted by Gasteiger charge is -2.14. The molecule has 0 heterocycles. The Morgan fingerprint density at radius 1 is 1.44 bits per heavy atom. The van der Waals surface area contributed by atoms with Crippen LogP contribution in [0.4, 0.5) is 14.5 Å². The van der Waals surface area contributed by atoms with Gasteiger partial charge in [-0.2, -0.15) is 8.78 Å². The Kier molecular flexibility index (Phi) is 5.91. The number of alkyl halides is 2. The monoisotopic (exact) mass is 275 g/mol. The molecule has 1 rings (SSSR count). The predicted molar refractivity (Wildman–Crippen MR) is 68.0 cm³/mol. The Labute approximate surface area is 109 Å². The number of benzene rings is 1. The van der Waals surface area contributed by atoms with Crippen molar-refractivity contribution in [3.8, 4) is 0 Å². The maximum Gasteiger partial charge on any atom is 0.310 e. The van der Waals surface area contributed by atoms with E-state index in [0.29, 0.717) is 28.9 Å². The molecule has 1 atom stereocenters. The van der Waals surface area contributed by atoms with E-state index < -0.39 is 5.76 Å². The Morgan fingerprint density at radius 3 is 2.72 bits per heavy atom. The van der Waals surface area contributed by atoms with Gasteiger partial charge in [-0.25, -0.2) is 0 Å². The van der Waals surface area contributed by atoms with Crippen LogP contribution in [0.15, 0.2) is 29.2 Å². The number of para-hydroxylation sites is 1. The van der Waals surface area contributed by atoms with E-state index in [0.717, 1.165) is 0 Å². The Hall–Kier alpha value is -1.30. The number of hydrogen-bond acceptors (Lipinski definition) is 4. The van der Waals surface area contributed by atoms with Crippen LogP contribution in [0.25, 0.3) is 0 Å². The molecule has 1 aromatic carbocycles. The van der Waals surface area contributed by atoms with Crippen molar-refractivity contribution in [3.63, 3.8) is 0 Å². The molecule has 1 N–H and O–H groups in total. The zero-order valence-corrected chi connectivity index (χ0v) is 11.0. The highest BCUT2D eigenvalue weighted by Crippen LogP contribution is 2.31. The average molecular weight is 275 g/mol. The molecular weight excluding hydrogens is 260 g/mol. The lowest BCUT2D eigenvalue weighted by molar-refractivity contribution is -0.144. The number of thioether (sulfide) groups is 1. The molecule has 0 bridgehead atoms. The van der Waals surface area contributed by atoms with Crippen LogP contribution >= 0.6 is 11.8 Å². The van der Waals surface area contributed by atoms with Crippen LogP contribution in [-0.2, 0) is 9.53 Å². The summed E-state index contributed by atoms with van der Waals surface area (Å²) in [6, 6.07) is 6.76. The third-order valence-electron chi connectivity index (χ3n) is 2.31. The molecule has 0 spiro atoms. The van der Waals surface area contributed by atoms with E-state index >= 15 is 0 Å². The van der Waals surface area contributed by atoms with Crippen LogP contribution in [-0.4, -0.2) is 25.4 Å². The molecule has 0 fully saturated rings. The van der Waals surface area contributed by atoms with Crippen molar-refractivity contribution < 1.29 is 18.3 Å². The van der Waals surface area contributed by atoms with E-state index in [4.69, 9.17) is 0 Å². The zero-order chi connectivity index (χ0) is 13.5. The minimum absolute atomic E-state index is 0.332. The second-order valence-electron chi connectivity index (χ2n) is 3.68. The highest BCUT2D eigenvalue weighted by Gasteiger charge is 2.14. The quantitative estimate of drug-likeness (QED) is 0.639. The van der Waals surface area contributed by atoms with E-state index in [1.807, 2.05) is 0 Å². The summed E-state index contributed by atoms with van der Waals surface area (Å²) in [4.78, 5) is 11.7. The number of rotatable bonds is 6. The summed E-state index contributed by atoms with van der Waals surface area (Å²) < 4.78 is 29.3. The Morgan fingerprint density at radius 2 is 2.11 bits per heavy atom. The summed E-state index contributed by atoms with van der Waals surface area (Å²) in [5, 5.41) is 2.98. The van der Waals surface area contributed by atoms with Gasteiger partial charge in [-0.3, -0.25) is 4.79 Å². The second kappa shape index (κ2) is 7.20. The van der Waals surface area contributed by atoms with Crippen molar-refractivity contribution in [3.05, 3.63) is 24.3 Å². The molecule has 0 aromatic heterocycles. The number of methoxy groups -OCH3 is 1. The maximum absolute atomic E-state index is 12.3. The maximum atomic E-state index is 12.3. The van der Waals surface area contributed by atoms with E-state index in [1.165, 1.54) is 7.11 Å². The molecule has 0 radical (unpaired) electrons. The summed E-state index contributed by atoms with van der Waals surface area (Å²) in [6.45, 7) is 2.05. The minimum Gasteiger partial charge on any atom is -0.469 e. The fraction of sp³-hybridized carbons (Fsp3) is 0.417. The van der Waals surface area contributed by atoms with Gasteiger partial charge in [-0.05, 0) is 12.1 Å². The molecule has 0 aliphatic rings. The number of hydrogen-bond donors (Lipinski definition) is 1. The van der Waals surface area contributed by atoms with Gasteiger partial charge < -0.3 is 10.1 Å². The fourth-order valence-electron chi connectivity index (χ4n) is 1.36. The van der Waals surface area contributed by atoms with Crippen LogP contribution in [0.3, 0.4) is 0 Å². The molecule has 1 unspecified atom stereocenters. The molecule has 100 valence electrons. The first-order chi connectivity index (χ1) is 8.54. The van der Waals surface area contributed by atoms with Gasteiger partial charge >= 0.3 is 5.97 Å². The summed E-state index contributed by atoms with van der Waals surface area (Å²) in [7, 11) is 1.32. The topological polar surface area (TPSA) is 38.3 Å². The Bertz CT molecular complexity index is 401. The third kappa shape index (κ3) is 4.52. The third-order valence-corrected chi connectivity index (χ3v) is 3.09. The average Bonchev–Trinajstić information content (AvgIpc) is 2.35. The van der Waals surface area contributed by atoms with Gasteiger partial charge in [0.2, 0.25) is 0 Å². The molecule has 18 heavy (non-hydrogen) atoms. The lowest BCUT2D eigenvalue weighted by atomic mass is 10.2. The lowest BCUT2D eigenvalue weighted by Crippen LogP contribution is -2.21. The van der Waals surface area contributed by atoms with Gasteiger partial charge in [0.1, 0.15) is 0 Å². The van der Waals surface area contributed by atoms with Gasteiger partial charge in [0.05, 0.1) is 13.0 Å². The van der Waals surface area contributed by atoms with Crippen molar-refractivity contribution in [1.82, 2.24) is 0 Å². The minimum atomic E-state index is -2.47. The van der Waals surface area contributed by atoms with E-state index in [1.54, 1.807) is 31.2 Å². The fourth-order valence-corrected chi connectivity index (χ4v) is 1.98. The standard InChI is InChI=1S/C12H15F2NO2S/c1-8(11(16)17-2)7-15-9-5-3-4-6-10(9)18-12(13)14/h3-6,8,12,15H,7H2,1-2H3. The van der Waals surface area contributed by atoms with E-state index in [-0.39, 0.29) is 11.9 Å². The van der Waals surface area contributed by atoms with Crippen LogP contribution in [0.5, 0.6) is 0 Å². The van der Waals surface area contributed by atoms with Gasteiger partial charge in [0, 0.05) is 17.1 Å². The summed E-state index contributed by atoms with van der Waals surface area (Å²) in [5.74, 6) is -3.13. The van der Waals surface area contributed by atoms with Crippen LogP contribution < -0.4 is 5.32 Å². The van der Waals surface area contributed by atoms with Crippen molar-refractivity contribution >= 4 is 23.4 Å². The van der Waals surface area contributed by atoms with Crippen LogP contribution in [0.1, 0.15) is 6.92 Å². The van der Waals surface area contributed by atoms with Gasteiger partial charge in [-0.15, -0.1) is 0 Å². The SMILES string of the molecule is COC(=O)C(C)CNc1ccccc1SC(F)F. The normalized spacial score (nSPS) is 12.3. The largest absolute Gasteiger partial charge is 0.469 e. The van der Waals surface area contributed by atoms with Gasteiger partial charge in [-0.1, -0.05) is 30.8 Å². The van der Waals surface area contributed by atoms with Crippen LogP contribution in [0, 0.1) is 5.92 Å². The smallest absolute Gasteiger partial charge is 0.310 e. The molecule has 3 nitrogen and oxygen atoms in total. The van der Waals surface area contributed by atoms with Crippen molar-refractivity contribution in [2.75, 3.05) is 19.0 Å². The molecule has 6 heteroatoms. The molecule has 1 aromatic rings. The second-order valence-corrected chi connectivity index (χ2v) is 4.71. The molecule has 0 amide bonds. The van der Waals surface area contributed by atoms with Gasteiger partial charge in [0.15, 0.2) is 0 Å². The number of anilines is 1. The highest BCUT2D eigenvalue weighted by atomic mass is 32.2. The number of carbonyl (C=O) groups is 1. The highest BCUT2D eigenvalue weighted by molar-refractivity contribution is 7.99. The van der Waals surface area contributed by atoms with Crippen molar-refractivity contribution in [2.45, 2.75) is 17.6 Å². The molecule has 0 saturated carbocycles. The first-order valence-corrected chi connectivity index (χ1v) is 6.28. The number of carbonyl (C=O) groups excluding carboxylic acids is 1. The molecule has 0 aliphatic carbocycles. The van der Waals surface area contributed by atoms with Crippen molar-refractivity contribution in [1.29, 1.82) is 0 Å². The number of ether oxygens (including phenoxy) is 1. The van der Waals surface area contributed by atoms with Crippen LogP contribution in [0.2, 0.25) is 0 Å².